The molecule has 0 fully saturated rings. The smallest absolute Gasteiger partial charge is 0.247 e. The second-order valence-corrected chi connectivity index (χ2v) is 4.30. The number of aryl methyl sites for hydroxylation is 1. The molecule has 0 bridgehead atoms. The Labute approximate surface area is 116 Å². The number of rotatable bonds is 4. The summed E-state index contributed by atoms with van der Waals surface area (Å²) in [5.74, 6) is -0.146. The summed E-state index contributed by atoms with van der Waals surface area (Å²) in [5, 5.41) is 13.1. The molecule has 104 valence electrons. The lowest BCUT2D eigenvalue weighted by molar-refractivity contribution is -0.117. The average Bonchev–Trinajstić information content (AvgIpc) is 2.78. The molecule has 1 aromatic heterocycles. The standard InChI is InChI=1S/C13H15N5O2/c1-9-5-3-4-6-11(9)16-13(20)8-18-14-7-12(17-18)15-10(2)19/h3-7H,8H2,1-2H3,(H,16,20)(H,15,17,19). The third-order valence-corrected chi connectivity index (χ3v) is 2.54. The van der Waals surface area contributed by atoms with Crippen LogP contribution in [0.4, 0.5) is 11.5 Å². The summed E-state index contributed by atoms with van der Waals surface area (Å²) >= 11 is 0. The second kappa shape index (κ2) is 5.96. The van der Waals surface area contributed by atoms with Crippen molar-refractivity contribution in [2.45, 2.75) is 20.4 Å². The van der Waals surface area contributed by atoms with Crippen molar-refractivity contribution in [1.29, 1.82) is 0 Å². The first-order valence-electron chi connectivity index (χ1n) is 6.08. The molecule has 0 aliphatic rings. The first-order valence-corrected chi connectivity index (χ1v) is 6.08. The number of nitrogens with one attached hydrogen (secondary N) is 2. The maximum Gasteiger partial charge on any atom is 0.247 e. The predicted octanol–water partition coefficient (Wildman–Crippen LogP) is 1.18. The number of para-hydroxylation sites is 1. The van der Waals surface area contributed by atoms with E-state index in [1.807, 2.05) is 31.2 Å². The van der Waals surface area contributed by atoms with Gasteiger partial charge >= 0.3 is 0 Å². The number of hydrogen-bond acceptors (Lipinski definition) is 4. The Morgan fingerprint density at radius 2 is 2.00 bits per heavy atom. The molecule has 0 saturated carbocycles. The summed E-state index contributed by atoms with van der Waals surface area (Å²) in [6.07, 6.45) is 1.39. The van der Waals surface area contributed by atoms with E-state index in [4.69, 9.17) is 0 Å². The average molecular weight is 273 g/mol. The van der Waals surface area contributed by atoms with Gasteiger partial charge in [0.05, 0.1) is 6.20 Å². The fourth-order valence-electron chi connectivity index (χ4n) is 1.64. The van der Waals surface area contributed by atoms with Crippen LogP contribution in [-0.2, 0) is 16.1 Å². The van der Waals surface area contributed by atoms with Gasteiger partial charge in [-0.15, -0.1) is 5.10 Å². The lowest BCUT2D eigenvalue weighted by atomic mass is 10.2. The minimum Gasteiger partial charge on any atom is -0.324 e. The Morgan fingerprint density at radius 3 is 2.70 bits per heavy atom. The molecule has 0 saturated heterocycles. The lowest BCUT2D eigenvalue weighted by Gasteiger charge is -2.07. The minimum absolute atomic E-state index is 0.0199. The Kier molecular flexibility index (Phi) is 4.09. The molecule has 2 amide bonds. The number of carbonyl (C=O) groups excluding carboxylic acids is 2. The fourth-order valence-corrected chi connectivity index (χ4v) is 1.64. The molecule has 0 atom stereocenters. The summed E-state index contributed by atoms with van der Waals surface area (Å²) in [4.78, 5) is 23.9. The topological polar surface area (TPSA) is 88.9 Å². The molecule has 2 rings (SSSR count). The highest BCUT2D eigenvalue weighted by atomic mass is 16.2. The first-order chi connectivity index (χ1) is 9.54. The van der Waals surface area contributed by atoms with Gasteiger partial charge in [0.1, 0.15) is 6.54 Å². The molecule has 0 spiro atoms. The quantitative estimate of drug-likeness (QED) is 0.875. The van der Waals surface area contributed by atoms with Gasteiger partial charge in [-0.05, 0) is 18.6 Å². The van der Waals surface area contributed by atoms with Crippen LogP contribution >= 0.6 is 0 Å². The van der Waals surface area contributed by atoms with Gasteiger partial charge in [0.25, 0.3) is 0 Å². The van der Waals surface area contributed by atoms with E-state index in [1.165, 1.54) is 17.9 Å². The van der Waals surface area contributed by atoms with E-state index in [0.29, 0.717) is 5.82 Å². The van der Waals surface area contributed by atoms with Crippen LogP contribution in [0.1, 0.15) is 12.5 Å². The van der Waals surface area contributed by atoms with Gasteiger partial charge < -0.3 is 10.6 Å². The van der Waals surface area contributed by atoms with Gasteiger partial charge in [-0.1, -0.05) is 18.2 Å². The van der Waals surface area contributed by atoms with Crippen LogP contribution < -0.4 is 10.6 Å². The van der Waals surface area contributed by atoms with Gasteiger partial charge in [0, 0.05) is 12.6 Å². The molecule has 1 heterocycles. The molecule has 0 aliphatic carbocycles. The third-order valence-electron chi connectivity index (χ3n) is 2.54. The summed E-state index contributed by atoms with van der Waals surface area (Å²) in [6.45, 7) is 3.27. The monoisotopic (exact) mass is 273 g/mol. The zero-order valence-corrected chi connectivity index (χ0v) is 11.3. The Balaban J connectivity index is 1.96. The van der Waals surface area contributed by atoms with E-state index in [1.54, 1.807) is 0 Å². The number of hydrogen-bond donors (Lipinski definition) is 2. The zero-order chi connectivity index (χ0) is 14.5. The number of aromatic nitrogens is 3. The first kappa shape index (κ1) is 13.7. The Morgan fingerprint density at radius 1 is 1.25 bits per heavy atom. The van der Waals surface area contributed by atoms with Gasteiger partial charge in [-0.3, -0.25) is 9.59 Å². The fraction of sp³-hybridized carbons (Fsp3) is 0.231. The maximum absolute atomic E-state index is 11.9. The van der Waals surface area contributed by atoms with Gasteiger partial charge in [0.2, 0.25) is 11.8 Å². The Bertz CT molecular complexity index is 635. The Hall–Kier alpha value is -2.70. The zero-order valence-electron chi connectivity index (χ0n) is 11.3. The van der Waals surface area contributed by atoms with E-state index in [9.17, 15) is 9.59 Å². The number of amides is 2. The normalized spacial score (nSPS) is 10.1. The molecule has 0 radical (unpaired) electrons. The van der Waals surface area contributed by atoms with Crippen molar-refractivity contribution in [3.05, 3.63) is 36.0 Å². The third kappa shape index (κ3) is 3.64. The molecular weight excluding hydrogens is 258 g/mol. The summed E-state index contributed by atoms with van der Waals surface area (Å²) in [6, 6.07) is 7.49. The van der Waals surface area contributed by atoms with Crippen LogP contribution in [0.3, 0.4) is 0 Å². The number of carbonyl (C=O) groups is 2. The highest BCUT2D eigenvalue weighted by Crippen LogP contribution is 2.12. The molecule has 0 aliphatic heterocycles. The van der Waals surface area contributed by atoms with Gasteiger partial charge in [-0.25, -0.2) is 0 Å². The van der Waals surface area contributed by atoms with Crippen LogP contribution in [0.2, 0.25) is 0 Å². The van der Waals surface area contributed by atoms with Crippen LogP contribution in [0.25, 0.3) is 0 Å². The molecular formula is C13H15N5O2. The highest BCUT2D eigenvalue weighted by molar-refractivity contribution is 5.91. The summed E-state index contributed by atoms with van der Waals surface area (Å²) in [7, 11) is 0. The molecule has 0 unspecified atom stereocenters. The van der Waals surface area contributed by atoms with Crippen LogP contribution in [-0.4, -0.2) is 26.8 Å². The van der Waals surface area contributed by atoms with Crippen LogP contribution in [0.15, 0.2) is 30.5 Å². The molecule has 2 aromatic rings. The van der Waals surface area contributed by atoms with Crippen molar-refractivity contribution < 1.29 is 9.59 Å². The SMILES string of the molecule is CC(=O)Nc1cnn(CC(=O)Nc2ccccc2C)n1. The molecule has 2 N–H and O–H groups in total. The van der Waals surface area contributed by atoms with E-state index < -0.39 is 0 Å². The lowest BCUT2D eigenvalue weighted by Crippen LogP contribution is -2.21. The second-order valence-electron chi connectivity index (χ2n) is 4.30. The van der Waals surface area contributed by atoms with Crippen molar-refractivity contribution >= 4 is 23.3 Å². The van der Waals surface area contributed by atoms with Gasteiger partial charge in [0.15, 0.2) is 5.82 Å². The molecule has 1 aromatic carbocycles. The van der Waals surface area contributed by atoms with Crippen molar-refractivity contribution in [3.63, 3.8) is 0 Å². The van der Waals surface area contributed by atoms with Crippen LogP contribution in [0, 0.1) is 6.92 Å². The minimum atomic E-state index is -0.235. The largest absolute Gasteiger partial charge is 0.324 e. The van der Waals surface area contributed by atoms with Crippen LogP contribution in [0.5, 0.6) is 0 Å². The van der Waals surface area contributed by atoms with Crippen molar-refractivity contribution in [2.24, 2.45) is 0 Å². The summed E-state index contributed by atoms with van der Waals surface area (Å²) in [5.41, 5.74) is 1.74. The number of benzene rings is 1. The molecule has 7 nitrogen and oxygen atoms in total. The van der Waals surface area contributed by atoms with E-state index in [2.05, 4.69) is 20.8 Å². The van der Waals surface area contributed by atoms with E-state index in [0.717, 1.165) is 11.3 Å². The van der Waals surface area contributed by atoms with E-state index in [-0.39, 0.29) is 18.4 Å². The predicted molar refractivity (Wildman–Crippen MR) is 74.1 cm³/mol. The summed E-state index contributed by atoms with van der Waals surface area (Å²) < 4.78 is 0. The highest BCUT2D eigenvalue weighted by Gasteiger charge is 2.08. The van der Waals surface area contributed by atoms with E-state index >= 15 is 0 Å². The molecule has 7 heteroatoms. The van der Waals surface area contributed by atoms with Gasteiger partial charge in [-0.2, -0.15) is 9.90 Å². The molecule has 20 heavy (non-hydrogen) atoms. The number of nitrogens with zero attached hydrogens (tertiary/aromatic N) is 3. The maximum atomic E-state index is 11.9. The van der Waals surface area contributed by atoms with Crippen molar-refractivity contribution in [3.8, 4) is 0 Å². The number of anilines is 2. The van der Waals surface area contributed by atoms with Crippen molar-refractivity contribution in [1.82, 2.24) is 15.0 Å². The van der Waals surface area contributed by atoms with Crippen molar-refractivity contribution in [2.75, 3.05) is 10.6 Å².